The molecule has 3 rings (SSSR count). The zero-order valence-corrected chi connectivity index (χ0v) is 12.0. The van der Waals surface area contributed by atoms with Crippen LogP contribution in [0.4, 0.5) is 0 Å². The molecule has 1 heterocycles. The van der Waals surface area contributed by atoms with Crippen molar-refractivity contribution in [2.24, 2.45) is 5.92 Å². The van der Waals surface area contributed by atoms with Crippen LogP contribution in [0.3, 0.4) is 0 Å². The summed E-state index contributed by atoms with van der Waals surface area (Å²) in [5.74, 6) is 0.983. The molecule has 2 fully saturated rings. The van der Waals surface area contributed by atoms with Crippen LogP contribution >= 0.6 is 0 Å². The minimum absolute atomic E-state index is 0.629. The van der Waals surface area contributed by atoms with E-state index in [0.29, 0.717) is 6.04 Å². The molecule has 2 aliphatic rings. The number of rotatable bonds is 5. The van der Waals surface area contributed by atoms with Crippen LogP contribution in [0.1, 0.15) is 31.7 Å². The standard InChI is InChI=1S/C17H26N2/c1-2-10-19-13-16(11-14-6-4-3-5-7-14)18-12-17(19)15-8-9-15/h3-7,15-18H,2,8-13H2,1H3. The van der Waals surface area contributed by atoms with Crippen LogP contribution in [0.2, 0.25) is 0 Å². The molecule has 1 saturated carbocycles. The third-order valence-electron chi connectivity index (χ3n) is 4.54. The maximum Gasteiger partial charge on any atom is 0.0249 e. The number of benzene rings is 1. The third kappa shape index (κ3) is 3.37. The van der Waals surface area contributed by atoms with Gasteiger partial charge in [-0.25, -0.2) is 0 Å². The van der Waals surface area contributed by atoms with Crippen molar-refractivity contribution in [1.82, 2.24) is 10.2 Å². The largest absolute Gasteiger partial charge is 0.311 e. The van der Waals surface area contributed by atoms with E-state index in [-0.39, 0.29) is 0 Å². The van der Waals surface area contributed by atoms with Crippen molar-refractivity contribution in [3.63, 3.8) is 0 Å². The number of hydrogen-bond donors (Lipinski definition) is 1. The predicted molar refractivity (Wildman–Crippen MR) is 80.3 cm³/mol. The summed E-state index contributed by atoms with van der Waals surface area (Å²) in [5.41, 5.74) is 1.46. The molecular formula is C17H26N2. The van der Waals surface area contributed by atoms with E-state index in [1.165, 1.54) is 50.9 Å². The molecule has 0 spiro atoms. The maximum atomic E-state index is 3.79. The van der Waals surface area contributed by atoms with Gasteiger partial charge in [-0.3, -0.25) is 4.90 Å². The molecule has 2 nitrogen and oxygen atoms in total. The molecule has 1 saturated heterocycles. The van der Waals surface area contributed by atoms with Crippen molar-refractivity contribution >= 4 is 0 Å². The Labute approximate surface area is 117 Å². The first-order valence-electron chi connectivity index (χ1n) is 7.88. The van der Waals surface area contributed by atoms with E-state index in [1.807, 2.05) is 0 Å². The fraction of sp³-hybridized carbons (Fsp3) is 0.647. The summed E-state index contributed by atoms with van der Waals surface area (Å²) < 4.78 is 0. The average Bonchev–Trinajstić information content (AvgIpc) is 3.25. The molecule has 2 heteroatoms. The average molecular weight is 258 g/mol. The normalized spacial score (nSPS) is 28.5. The molecule has 19 heavy (non-hydrogen) atoms. The van der Waals surface area contributed by atoms with Crippen LogP contribution in [-0.4, -0.2) is 36.6 Å². The van der Waals surface area contributed by atoms with Crippen molar-refractivity contribution < 1.29 is 0 Å². The SMILES string of the molecule is CCCN1CC(Cc2ccccc2)NCC1C1CC1. The molecule has 1 aliphatic carbocycles. The smallest absolute Gasteiger partial charge is 0.0249 e. The monoisotopic (exact) mass is 258 g/mol. The van der Waals surface area contributed by atoms with E-state index in [1.54, 1.807) is 0 Å². The Morgan fingerprint density at radius 3 is 2.68 bits per heavy atom. The van der Waals surface area contributed by atoms with Gasteiger partial charge in [-0.1, -0.05) is 37.3 Å². The van der Waals surface area contributed by atoms with Gasteiger partial charge in [0.2, 0.25) is 0 Å². The highest BCUT2D eigenvalue weighted by atomic mass is 15.2. The second-order valence-electron chi connectivity index (χ2n) is 6.19. The zero-order valence-electron chi connectivity index (χ0n) is 12.0. The van der Waals surface area contributed by atoms with Gasteiger partial charge < -0.3 is 5.32 Å². The lowest BCUT2D eigenvalue weighted by atomic mass is 9.99. The zero-order chi connectivity index (χ0) is 13.1. The van der Waals surface area contributed by atoms with Gasteiger partial charge in [0.15, 0.2) is 0 Å². The summed E-state index contributed by atoms with van der Waals surface area (Å²) in [6, 6.07) is 12.3. The molecule has 1 aliphatic heterocycles. The van der Waals surface area contributed by atoms with Gasteiger partial charge >= 0.3 is 0 Å². The van der Waals surface area contributed by atoms with Gasteiger partial charge in [0.25, 0.3) is 0 Å². The van der Waals surface area contributed by atoms with Crippen LogP contribution < -0.4 is 5.32 Å². The van der Waals surface area contributed by atoms with Crippen molar-refractivity contribution in [2.75, 3.05) is 19.6 Å². The van der Waals surface area contributed by atoms with Gasteiger partial charge in [-0.15, -0.1) is 0 Å². The summed E-state index contributed by atoms with van der Waals surface area (Å²) in [6.45, 7) is 6.00. The van der Waals surface area contributed by atoms with E-state index < -0.39 is 0 Å². The summed E-state index contributed by atoms with van der Waals surface area (Å²) in [4.78, 5) is 2.75. The summed E-state index contributed by atoms with van der Waals surface area (Å²) in [7, 11) is 0. The van der Waals surface area contributed by atoms with Gasteiger partial charge in [0.05, 0.1) is 0 Å². The Morgan fingerprint density at radius 1 is 1.21 bits per heavy atom. The van der Waals surface area contributed by atoms with Gasteiger partial charge in [-0.2, -0.15) is 0 Å². The third-order valence-corrected chi connectivity index (χ3v) is 4.54. The molecule has 2 atom stereocenters. The van der Waals surface area contributed by atoms with Crippen LogP contribution in [0.25, 0.3) is 0 Å². The van der Waals surface area contributed by atoms with E-state index in [4.69, 9.17) is 0 Å². The van der Waals surface area contributed by atoms with Crippen LogP contribution in [0, 0.1) is 5.92 Å². The molecule has 104 valence electrons. The van der Waals surface area contributed by atoms with Gasteiger partial charge in [0.1, 0.15) is 0 Å². The second kappa shape index (κ2) is 6.06. The van der Waals surface area contributed by atoms with Crippen molar-refractivity contribution in [2.45, 2.75) is 44.7 Å². The second-order valence-corrected chi connectivity index (χ2v) is 6.19. The molecule has 1 aromatic carbocycles. The number of hydrogen-bond acceptors (Lipinski definition) is 2. The quantitative estimate of drug-likeness (QED) is 0.873. The lowest BCUT2D eigenvalue weighted by Crippen LogP contribution is -2.58. The Morgan fingerprint density at radius 2 is 2.00 bits per heavy atom. The van der Waals surface area contributed by atoms with Crippen LogP contribution in [0.5, 0.6) is 0 Å². The number of nitrogens with one attached hydrogen (secondary N) is 1. The molecule has 1 aromatic rings. The van der Waals surface area contributed by atoms with Crippen molar-refractivity contribution in [1.29, 1.82) is 0 Å². The van der Waals surface area contributed by atoms with Gasteiger partial charge in [0, 0.05) is 25.2 Å². The predicted octanol–water partition coefficient (Wildman–Crippen LogP) is 2.69. The van der Waals surface area contributed by atoms with Crippen LogP contribution in [-0.2, 0) is 6.42 Å². The Bertz CT molecular complexity index is 386. The minimum Gasteiger partial charge on any atom is -0.311 e. The summed E-state index contributed by atoms with van der Waals surface area (Å²) >= 11 is 0. The highest BCUT2D eigenvalue weighted by Gasteiger charge is 2.38. The van der Waals surface area contributed by atoms with Gasteiger partial charge in [-0.05, 0) is 43.7 Å². The Kier molecular flexibility index (Phi) is 4.19. The van der Waals surface area contributed by atoms with E-state index in [0.717, 1.165) is 12.0 Å². The Balaban J connectivity index is 1.59. The van der Waals surface area contributed by atoms with E-state index >= 15 is 0 Å². The molecule has 0 radical (unpaired) electrons. The molecule has 1 N–H and O–H groups in total. The topological polar surface area (TPSA) is 15.3 Å². The minimum atomic E-state index is 0.629. The molecule has 0 aromatic heterocycles. The van der Waals surface area contributed by atoms with E-state index in [9.17, 15) is 0 Å². The maximum absolute atomic E-state index is 3.79. The highest BCUT2D eigenvalue weighted by molar-refractivity contribution is 5.16. The van der Waals surface area contributed by atoms with Crippen molar-refractivity contribution in [3.8, 4) is 0 Å². The van der Waals surface area contributed by atoms with Crippen molar-refractivity contribution in [3.05, 3.63) is 35.9 Å². The van der Waals surface area contributed by atoms with Crippen LogP contribution in [0.15, 0.2) is 30.3 Å². The summed E-state index contributed by atoms with van der Waals surface area (Å²) in [5, 5.41) is 3.79. The fourth-order valence-corrected chi connectivity index (χ4v) is 3.42. The fourth-order valence-electron chi connectivity index (χ4n) is 3.42. The first kappa shape index (κ1) is 13.1. The number of nitrogens with zero attached hydrogens (tertiary/aromatic N) is 1. The molecular weight excluding hydrogens is 232 g/mol. The lowest BCUT2D eigenvalue weighted by molar-refractivity contribution is 0.115. The highest BCUT2D eigenvalue weighted by Crippen LogP contribution is 2.36. The first-order valence-corrected chi connectivity index (χ1v) is 7.88. The first-order chi connectivity index (χ1) is 9.36. The number of piperazine rings is 1. The van der Waals surface area contributed by atoms with E-state index in [2.05, 4.69) is 47.5 Å². The molecule has 2 unspecified atom stereocenters. The summed E-state index contributed by atoms with van der Waals surface area (Å²) in [6.07, 6.45) is 5.35. The molecule has 0 amide bonds. The molecule has 0 bridgehead atoms. The Hall–Kier alpha value is -0.860. The lowest BCUT2D eigenvalue weighted by Gasteiger charge is -2.41.